The fourth-order valence-electron chi connectivity index (χ4n) is 4.39. The molecular weight excluding hydrogens is 316 g/mol. The standard InChI is InChI=1S/C19H32N4O2/c1-14(2)10-22-11-15-8-17(23-7-5-6-20-23)18(9-16(15)12-22)25-13-19(24)21(3)4/h5-7,14-18H,8-13H2,1-4H3/t15-,16+,17-,18-/m0/s1. The van der Waals surface area contributed by atoms with Gasteiger partial charge in [-0.05, 0) is 36.7 Å². The molecule has 0 bridgehead atoms. The molecule has 2 fully saturated rings. The number of nitrogens with zero attached hydrogens (tertiary/aromatic N) is 4. The average molecular weight is 348 g/mol. The zero-order valence-electron chi connectivity index (χ0n) is 16.0. The number of amides is 1. The molecule has 1 aliphatic heterocycles. The van der Waals surface area contributed by atoms with E-state index < -0.39 is 0 Å². The van der Waals surface area contributed by atoms with Crippen molar-refractivity contribution in [3.05, 3.63) is 18.5 Å². The van der Waals surface area contributed by atoms with Gasteiger partial charge in [0.1, 0.15) is 6.61 Å². The van der Waals surface area contributed by atoms with Crippen molar-refractivity contribution in [2.75, 3.05) is 40.3 Å². The molecule has 3 rings (SSSR count). The maximum absolute atomic E-state index is 12.0. The van der Waals surface area contributed by atoms with Crippen LogP contribution in [0.4, 0.5) is 0 Å². The second-order valence-electron chi connectivity index (χ2n) is 8.29. The van der Waals surface area contributed by atoms with E-state index in [9.17, 15) is 4.79 Å². The first-order valence-electron chi connectivity index (χ1n) is 9.47. The zero-order chi connectivity index (χ0) is 18.0. The quantitative estimate of drug-likeness (QED) is 0.788. The highest BCUT2D eigenvalue weighted by atomic mass is 16.5. The van der Waals surface area contributed by atoms with Crippen molar-refractivity contribution >= 4 is 5.91 Å². The van der Waals surface area contributed by atoms with E-state index in [1.165, 1.54) is 13.1 Å². The molecule has 0 N–H and O–H groups in total. The Bertz CT molecular complexity index is 558. The predicted molar refractivity (Wildman–Crippen MR) is 97.2 cm³/mol. The van der Waals surface area contributed by atoms with E-state index in [-0.39, 0.29) is 24.7 Å². The van der Waals surface area contributed by atoms with Crippen LogP contribution in [-0.4, -0.2) is 71.9 Å². The minimum absolute atomic E-state index is 0.0224. The number of fused-ring (bicyclic) bond motifs is 1. The van der Waals surface area contributed by atoms with Crippen molar-refractivity contribution in [2.24, 2.45) is 17.8 Å². The van der Waals surface area contributed by atoms with Gasteiger partial charge < -0.3 is 14.5 Å². The van der Waals surface area contributed by atoms with Crippen LogP contribution in [-0.2, 0) is 9.53 Å². The fourth-order valence-corrected chi connectivity index (χ4v) is 4.39. The lowest BCUT2D eigenvalue weighted by molar-refractivity contribution is -0.138. The predicted octanol–water partition coefficient (Wildman–Crippen LogP) is 1.90. The van der Waals surface area contributed by atoms with Crippen molar-refractivity contribution < 1.29 is 9.53 Å². The SMILES string of the molecule is CC(C)CN1C[C@H]2C[C@H](OCC(=O)N(C)C)[C@@H](n3cccn3)C[C@H]2C1. The van der Waals surface area contributed by atoms with Gasteiger partial charge in [0.15, 0.2) is 0 Å². The van der Waals surface area contributed by atoms with Gasteiger partial charge in [-0.1, -0.05) is 13.8 Å². The first kappa shape index (κ1) is 18.4. The van der Waals surface area contributed by atoms with Crippen LogP contribution in [0.25, 0.3) is 0 Å². The Kier molecular flexibility index (Phi) is 5.79. The number of likely N-dealkylation sites (N-methyl/N-ethyl adjacent to an activating group) is 1. The lowest BCUT2D eigenvalue weighted by atomic mass is 9.77. The number of carbonyl (C=O) groups is 1. The van der Waals surface area contributed by atoms with Gasteiger partial charge in [-0.3, -0.25) is 9.48 Å². The Morgan fingerprint density at radius 1 is 1.28 bits per heavy atom. The highest BCUT2D eigenvalue weighted by Crippen LogP contribution is 2.42. The Morgan fingerprint density at radius 3 is 2.60 bits per heavy atom. The lowest BCUT2D eigenvalue weighted by Gasteiger charge is -2.38. The second kappa shape index (κ2) is 7.87. The number of hydrogen-bond acceptors (Lipinski definition) is 4. The minimum Gasteiger partial charge on any atom is -0.366 e. The maximum atomic E-state index is 12.0. The van der Waals surface area contributed by atoms with Gasteiger partial charge >= 0.3 is 0 Å². The number of ether oxygens (including phenoxy) is 1. The molecule has 1 saturated carbocycles. The van der Waals surface area contributed by atoms with Gasteiger partial charge in [-0.25, -0.2) is 0 Å². The molecule has 0 unspecified atom stereocenters. The number of likely N-dealkylation sites (tertiary alicyclic amines) is 1. The summed E-state index contributed by atoms with van der Waals surface area (Å²) in [4.78, 5) is 16.1. The molecule has 0 aromatic carbocycles. The van der Waals surface area contributed by atoms with Crippen molar-refractivity contribution in [3.8, 4) is 0 Å². The van der Waals surface area contributed by atoms with Gasteiger partial charge in [0.2, 0.25) is 5.91 Å². The van der Waals surface area contributed by atoms with Crippen LogP contribution >= 0.6 is 0 Å². The van der Waals surface area contributed by atoms with E-state index in [2.05, 4.69) is 23.8 Å². The summed E-state index contributed by atoms with van der Waals surface area (Å²) in [7, 11) is 3.54. The molecule has 6 heteroatoms. The van der Waals surface area contributed by atoms with Crippen molar-refractivity contribution in [1.29, 1.82) is 0 Å². The average Bonchev–Trinajstić information content (AvgIpc) is 3.19. The third kappa shape index (κ3) is 4.42. The van der Waals surface area contributed by atoms with Crippen LogP contribution < -0.4 is 0 Å². The van der Waals surface area contributed by atoms with Gasteiger partial charge in [0.05, 0.1) is 12.1 Å². The number of carbonyl (C=O) groups excluding carboxylic acids is 1. The molecular formula is C19H32N4O2. The monoisotopic (exact) mass is 348 g/mol. The molecule has 6 nitrogen and oxygen atoms in total. The summed E-state index contributed by atoms with van der Waals surface area (Å²) in [5.41, 5.74) is 0. The van der Waals surface area contributed by atoms with E-state index in [0.717, 1.165) is 19.4 Å². The van der Waals surface area contributed by atoms with E-state index >= 15 is 0 Å². The number of hydrogen-bond donors (Lipinski definition) is 0. The van der Waals surface area contributed by atoms with Gasteiger partial charge in [0, 0.05) is 46.1 Å². The summed E-state index contributed by atoms with van der Waals surface area (Å²) in [5.74, 6) is 2.10. The molecule has 0 spiro atoms. The topological polar surface area (TPSA) is 50.6 Å². The van der Waals surface area contributed by atoms with Gasteiger partial charge in [0.25, 0.3) is 0 Å². The third-order valence-corrected chi connectivity index (χ3v) is 5.57. The highest BCUT2D eigenvalue weighted by molar-refractivity contribution is 5.76. The third-order valence-electron chi connectivity index (χ3n) is 5.57. The van der Waals surface area contributed by atoms with Crippen LogP contribution in [0.2, 0.25) is 0 Å². The Morgan fingerprint density at radius 2 is 2.00 bits per heavy atom. The van der Waals surface area contributed by atoms with Crippen molar-refractivity contribution in [1.82, 2.24) is 19.6 Å². The van der Waals surface area contributed by atoms with E-state index in [1.807, 2.05) is 23.1 Å². The van der Waals surface area contributed by atoms with Crippen LogP contribution in [0.5, 0.6) is 0 Å². The van der Waals surface area contributed by atoms with Crippen LogP contribution in [0.15, 0.2) is 18.5 Å². The van der Waals surface area contributed by atoms with Crippen LogP contribution in [0.1, 0.15) is 32.7 Å². The van der Waals surface area contributed by atoms with E-state index in [0.29, 0.717) is 17.8 Å². The second-order valence-corrected chi connectivity index (χ2v) is 8.29. The molecule has 1 aromatic rings. The van der Waals surface area contributed by atoms with Crippen molar-refractivity contribution in [2.45, 2.75) is 38.8 Å². The summed E-state index contributed by atoms with van der Waals surface area (Å²) in [5, 5.41) is 4.46. The van der Waals surface area contributed by atoms with E-state index in [1.54, 1.807) is 19.0 Å². The molecule has 2 aliphatic rings. The van der Waals surface area contributed by atoms with Crippen LogP contribution in [0, 0.1) is 17.8 Å². The molecule has 1 aromatic heterocycles. The Labute approximate surface area is 151 Å². The summed E-state index contributed by atoms with van der Waals surface area (Å²) in [6.07, 6.45) is 6.01. The normalized spacial score (nSPS) is 29.8. The fraction of sp³-hybridized carbons (Fsp3) is 0.789. The molecule has 4 atom stereocenters. The molecule has 0 radical (unpaired) electrons. The van der Waals surface area contributed by atoms with Gasteiger partial charge in [-0.2, -0.15) is 5.10 Å². The molecule has 140 valence electrons. The Hall–Kier alpha value is -1.40. The summed E-state index contributed by atoms with van der Waals surface area (Å²) >= 11 is 0. The number of aromatic nitrogens is 2. The summed E-state index contributed by atoms with van der Waals surface area (Å²) in [6.45, 7) is 8.24. The largest absolute Gasteiger partial charge is 0.366 e. The maximum Gasteiger partial charge on any atom is 0.248 e. The van der Waals surface area contributed by atoms with E-state index in [4.69, 9.17) is 4.74 Å². The Balaban J connectivity index is 1.68. The summed E-state index contributed by atoms with van der Waals surface area (Å²) < 4.78 is 8.13. The summed E-state index contributed by atoms with van der Waals surface area (Å²) in [6, 6.07) is 2.19. The first-order valence-corrected chi connectivity index (χ1v) is 9.47. The first-order chi connectivity index (χ1) is 11.9. The van der Waals surface area contributed by atoms with Crippen molar-refractivity contribution in [3.63, 3.8) is 0 Å². The molecule has 1 amide bonds. The molecule has 2 heterocycles. The highest BCUT2D eigenvalue weighted by Gasteiger charge is 2.43. The minimum atomic E-state index is 0.0224. The number of rotatable bonds is 6. The van der Waals surface area contributed by atoms with Crippen LogP contribution in [0.3, 0.4) is 0 Å². The van der Waals surface area contributed by atoms with Gasteiger partial charge in [-0.15, -0.1) is 0 Å². The lowest BCUT2D eigenvalue weighted by Crippen LogP contribution is -2.40. The molecule has 1 aliphatic carbocycles. The molecule has 1 saturated heterocycles. The zero-order valence-corrected chi connectivity index (χ0v) is 16.0. The molecule has 25 heavy (non-hydrogen) atoms. The smallest absolute Gasteiger partial charge is 0.248 e.